The summed E-state index contributed by atoms with van der Waals surface area (Å²) < 4.78 is 0. The molecule has 0 radical (unpaired) electrons. The molecule has 1 aromatic heterocycles. The lowest BCUT2D eigenvalue weighted by Crippen LogP contribution is -2.27. The Morgan fingerprint density at radius 1 is 1.47 bits per heavy atom. The number of aryl methyl sites for hydroxylation is 1. The van der Waals surface area contributed by atoms with E-state index in [9.17, 15) is 4.79 Å². The summed E-state index contributed by atoms with van der Waals surface area (Å²) in [6.07, 6.45) is 3.64. The highest BCUT2D eigenvalue weighted by Crippen LogP contribution is 2.03. The zero-order chi connectivity index (χ0) is 11.3. The topological polar surface area (TPSA) is 66.9 Å². The van der Waals surface area contributed by atoms with Gasteiger partial charge in [-0.2, -0.15) is 0 Å². The average Bonchev–Trinajstić information content (AvgIpc) is 2.21. The fourth-order valence-electron chi connectivity index (χ4n) is 1.05. The van der Waals surface area contributed by atoms with Crippen LogP contribution in [0.3, 0.4) is 0 Å². The molecule has 0 bridgehead atoms. The first-order valence-corrected chi connectivity index (χ1v) is 4.87. The Morgan fingerprint density at radius 2 is 2.07 bits per heavy atom. The quantitative estimate of drug-likeness (QED) is 0.765. The molecule has 0 aliphatic heterocycles. The Bertz CT molecular complexity index is 323. The van der Waals surface area contributed by atoms with Crippen molar-refractivity contribution in [3.8, 4) is 0 Å². The van der Waals surface area contributed by atoms with Gasteiger partial charge < -0.3 is 10.6 Å². The lowest BCUT2D eigenvalue weighted by atomic mass is 10.2. The van der Waals surface area contributed by atoms with Gasteiger partial charge in [-0.05, 0) is 20.9 Å². The predicted octanol–water partition coefficient (Wildman–Crippen LogP) is 0.722. The van der Waals surface area contributed by atoms with Crippen LogP contribution in [-0.2, 0) is 4.79 Å². The zero-order valence-electron chi connectivity index (χ0n) is 9.24. The van der Waals surface area contributed by atoms with Crippen molar-refractivity contribution in [2.24, 2.45) is 0 Å². The first kappa shape index (κ1) is 11.6. The van der Waals surface area contributed by atoms with E-state index in [0.717, 1.165) is 0 Å². The Balaban J connectivity index is 2.48. The Labute approximate surface area is 89.3 Å². The van der Waals surface area contributed by atoms with Crippen LogP contribution in [-0.4, -0.2) is 29.0 Å². The second kappa shape index (κ2) is 5.41. The van der Waals surface area contributed by atoms with Gasteiger partial charge in [0.1, 0.15) is 5.82 Å². The third-order valence-corrected chi connectivity index (χ3v) is 2.05. The van der Waals surface area contributed by atoms with E-state index in [1.54, 1.807) is 19.3 Å². The smallest absolute Gasteiger partial charge is 0.226 e. The molecule has 0 aliphatic rings. The van der Waals surface area contributed by atoms with Crippen molar-refractivity contribution in [3.63, 3.8) is 0 Å². The monoisotopic (exact) mass is 208 g/mol. The predicted molar refractivity (Wildman–Crippen MR) is 58.5 cm³/mol. The van der Waals surface area contributed by atoms with E-state index >= 15 is 0 Å². The number of anilines is 1. The van der Waals surface area contributed by atoms with Crippen LogP contribution in [0, 0.1) is 6.92 Å². The largest absolute Gasteiger partial charge is 0.323 e. The van der Waals surface area contributed by atoms with Crippen LogP contribution in [0.25, 0.3) is 0 Å². The molecule has 1 heterocycles. The summed E-state index contributed by atoms with van der Waals surface area (Å²) in [5.41, 5.74) is 0.633. The molecule has 0 aliphatic carbocycles. The Morgan fingerprint density at radius 3 is 2.60 bits per heavy atom. The molecule has 2 N–H and O–H groups in total. The molecule has 0 saturated heterocycles. The fraction of sp³-hybridized carbons (Fsp3) is 0.500. The summed E-state index contributed by atoms with van der Waals surface area (Å²) >= 11 is 0. The lowest BCUT2D eigenvalue weighted by molar-refractivity contribution is -0.116. The van der Waals surface area contributed by atoms with Crippen LogP contribution in [0.5, 0.6) is 0 Å². The molecule has 5 nitrogen and oxygen atoms in total. The molecule has 15 heavy (non-hydrogen) atoms. The van der Waals surface area contributed by atoms with Gasteiger partial charge in [-0.3, -0.25) is 4.79 Å². The van der Waals surface area contributed by atoms with Crippen molar-refractivity contribution in [2.45, 2.75) is 26.3 Å². The van der Waals surface area contributed by atoms with Crippen molar-refractivity contribution < 1.29 is 4.79 Å². The third kappa shape index (κ3) is 4.03. The van der Waals surface area contributed by atoms with Crippen LogP contribution in [0.4, 0.5) is 5.69 Å². The molecule has 0 spiro atoms. The normalized spacial score (nSPS) is 12.2. The van der Waals surface area contributed by atoms with E-state index in [1.807, 2.05) is 14.0 Å². The maximum absolute atomic E-state index is 11.5. The number of carbonyl (C=O) groups excluding carboxylic acids is 1. The molecule has 0 saturated carbocycles. The van der Waals surface area contributed by atoms with E-state index in [2.05, 4.69) is 20.6 Å². The van der Waals surface area contributed by atoms with Crippen molar-refractivity contribution in [1.29, 1.82) is 0 Å². The highest BCUT2D eigenvalue weighted by Gasteiger charge is 2.07. The second-order valence-electron chi connectivity index (χ2n) is 3.46. The van der Waals surface area contributed by atoms with Gasteiger partial charge in [-0.25, -0.2) is 9.97 Å². The number of hydrogen-bond acceptors (Lipinski definition) is 4. The van der Waals surface area contributed by atoms with Crippen LogP contribution in [0.2, 0.25) is 0 Å². The van der Waals surface area contributed by atoms with Gasteiger partial charge in [0.25, 0.3) is 0 Å². The van der Waals surface area contributed by atoms with Crippen LogP contribution >= 0.6 is 0 Å². The van der Waals surface area contributed by atoms with Gasteiger partial charge in [0.05, 0.1) is 18.1 Å². The van der Waals surface area contributed by atoms with Crippen molar-refractivity contribution in [3.05, 3.63) is 18.2 Å². The first-order chi connectivity index (χ1) is 7.11. The average molecular weight is 208 g/mol. The highest BCUT2D eigenvalue weighted by atomic mass is 16.1. The summed E-state index contributed by atoms with van der Waals surface area (Å²) in [6, 6.07) is 0.163. The number of rotatable bonds is 4. The van der Waals surface area contributed by atoms with E-state index < -0.39 is 0 Å². The number of aromatic nitrogens is 2. The molecule has 0 fully saturated rings. The Hall–Kier alpha value is -1.49. The standard InChI is InChI=1S/C10H16N4O/c1-7(11-3)4-10(15)14-9-5-12-8(2)13-6-9/h5-7,11H,4H2,1-3H3,(H,14,15). The van der Waals surface area contributed by atoms with Crippen molar-refractivity contribution in [1.82, 2.24) is 15.3 Å². The minimum atomic E-state index is -0.0377. The maximum atomic E-state index is 11.5. The summed E-state index contributed by atoms with van der Waals surface area (Å²) in [7, 11) is 1.83. The molecule has 1 unspecified atom stereocenters. The number of nitrogens with one attached hydrogen (secondary N) is 2. The van der Waals surface area contributed by atoms with E-state index in [4.69, 9.17) is 0 Å². The summed E-state index contributed by atoms with van der Waals surface area (Å²) in [6.45, 7) is 3.75. The summed E-state index contributed by atoms with van der Waals surface area (Å²) in [5.74, 6) is 0.654. The van der Waals surface area contributed by atoms with Gasteiger partial charge in [0.2, 0.25) is 5.91 Å². The minimum absolute atomic E-state index is 0.0377. The van der Waals surface area contributed by atoms with Crippen LogP contribution in [0.15, 0.2) is 12.4 Å². The second-order valence-corrected chi connectivity index (χ2v) is 3.46. The lowest BCUT2D eigenvalue weighted by Gasteiger charge is -2.09. The molecular weight excluding hydrogens is 192 g/mol. The number of amides is 1. The number of carbonyl (C=O) groups is 1. The van der Waals surface area contributed by atoms with Gasteiger partial charge in [-0.15, -0.1) is 0 Å². The molecule has 1 rings (SSSR count). The third-order valence-electron chi connectivity index (χ3n) is 2.05. The molecule has 82 valence electrons. The number of hydrogen-bond donors (Lipinski definition) is 2. The maximum Gasteiger partial charge on any atom is 0.226 e. The molecule has 5 heteroatoms. The molecule has 1 aromatic rings. The van der Waals surface area contributed by atoms with Gasteiger partial charge in [0, 0.05) is 12.5 Å². The van der Waals surface area contributed by atoms with Gasteiger partial charge in [-0.1, -0.05) is 0 Å². The van der Waals surface area contributed by atoms with Crippen LogP contribution in [0.1, 0.15) is 19.2 Å². The first-order valence-electron chi connectivity index (χ1n) is 4.87. The SMILES string of the molecule is CNC(C)CC(=O)Nc1cnc(C)nc1. The van der Waals surface area contributed by atoms with E-state index in [1.165, 1.54) is 0 Å². The highest BCUT2D eigenvalue weighted by molar-refractivity contribution is 5.90. The zero-order valence-corrected chi connectivity index (χ0v) is 9.24. The van der Waals surface area contributed by atoms with Crippen molar-refractivity contribution in [2.75, 3.05) is 12.4 Å². The number of nitrogens with zero attached hydrogens (tertiary/aromatic N) is 2. The molecule has 1 amide bonds. The molecular formula is C10H16N4O. The van der Waals surface area contributed by atoms with Gasteiger partial charge in [0.15, 0.2) is 0 Å². The molecule has 1 atom stereocenters. The summed E-state index contributed by atoms with van der Waals surface area (Å²) in [5, 5.41) is 5.73. The van der Waals surface area contributed by atoms with Crippen LogP contribution < -0.4 is 10.6 Å². The molecule has 0 aromatic carbocycles. The minimum Gasteiger partial charge on any atom is -0.323 e. The van der Waals surface area contributed by atoms with E-state index in [0.29, 0.717) is 17.9 Å². The Kier molecular flexibility index (Phi) is 4.17. The summed E-state index contributed by atoms with van der Waals surface area (Å²) in [4.78, 5) is 19.4. The van der Waals surface area contributed by atoms with Crippen molar-refractivity contribution >= 4 is 11.6 Å². The van der Waals surface area contributed by atoms with E-state index in [-0.39, 0.29) is 11.9 Å². The van der Waals surface area contributed by atoms with Gasteiger partial charge >= 0.3 is 0 Å². The fourth-order valence-corrected chi connectivity index (χ4v) is 1.05.